The molecule has 0 bridgehead atoms. The quantitative estimate of drug-likeness (QED) is 0.527. The van der Waals surface area contributed by atoms with E-state index in [0.29, 0.717) is 0 Å². The topological polar surface area (TPSA) is 115 Å². The molecule has 0 radical (unpaired) electrons. The van der Waals surface area contributed by atoms with E-state index in [1.807, 2.05) is 0 Å². The molecule has 0 aromatic rings. The van der Waals surface area contributed by atoms with E-state index in [4.69, 9.17) is 0 Å². The number of carbonyl (C=O) groups is 2. The zero-order valence-corrected chi connectivity index (χ0v) is 16.3. The van der Waals surface area contributed by atoms with Crippen LogP contribution in [0.2, 0.25) is 0 Å². The Morgan fingerprint density at radius 1 is 1.21 bits per heavy atom. The average Bonchev–Trinajstić information content (AvgIpc) is 2.86. The molecular weight excluding hydrogens is 386 g/mol. The first kappa shape index (κ1) is 20.8. The van der Waals surface area contributed by atoms with E-state index in [0.717, 1.165) is 12.2 Å². The maximum atomic E-state index is 16.8. The van der Waals surface area contributed by atoms with Gasteiger partial charge in [0.15, 0.2) is 22.8 Å². The van der Waals surface area contributed by atoms with E-state index in [9.17, 15) is 30.0 Å². The van der Waals surface area contributed by atoms with Crippen molar-refractivity contribution in [3.8, 4) is 0 Å². The highest BCUT2D eigenvalue weighted by Gasteiger charge is 2.77. The molecule has 3 unspecified atom stereocenters. The van der Waals surface area contributed by atoms with E-state index in [-0.39, 0.29) is 24.8 Å². The third-order valence-electron chi connectivity index (χ3n) is 8.42. The second-order valence-corrected chi connectivity index (χ2v) is 9.46. The highest BCUT2D eigenvalue weighted by atomic mass is 19.1. The van der Waals surface area contributed by atoms with E-state index < -0.39 is 70.5 Å². The lowest BCUT2D eigenvalue weighted by Gasteiger charge is -2.62. The minimum atomic E-state index is -2.37. The van der Waals surface area contributed by atoms with Crippen LogP contribution in [0.5, 0.6) is 0 Å². The maximum absolute atomic E-state index is 16.8. The first-order valence-electron chi connectivity index (χ1n) is 9.88. The second-order valence-electron chi connectivity index (χ2n) is 9.46. The van der Waals surface area contributed by atoms with Crippen molar-refractivity contribution in [2.24, 2.45) is 22.7 Å². The lowest BCUT2D eigenvalue weighted by atomic mass is 9.44. The molecular formula is C21H26F2O6. The van der Waals surface area contributed by atoms with Gasteiger partial charge in [-0.1, -0.05) is 13.0 Å². The third-order valence-corrected chi connectivity index (χ3v) is 8.42. The number of allylic oxidation sites excluding steroid dienone is 4. The largest absolute Gasteiger partial charge is 0.390 e. The van der Waals surface area contributed by atoms with Gasteiger partial charge in [-0.3, -0.25) is 9.59 Å². The van der Waals surface area contributed by atoms with Crippen molar-refractivity contribution >= 4 is 11.6 Å². The van der Waals surface area contributed by atoms with Crippen LogP contribution in [0.15, 0.2) is 23.8 Å². The van der Waals surface area contributed by atoms with Gasteiger partial charge in [-0.2, -0.15) is 0 Å². The minimum Gasteiger partial charge on any atom is -0.390 e. The molecule has 9 atom stereocenters. The molecule has 0 heterocycles. The summed E-state index contributed by atoms with van der Waals surface area (Å²) < 4.78 is 32.0. The van der Waals surface area contributed by atoms with Crippen molar-refractivity contribution in [3.05, 3.63) is 23.8 Å². The summed E-state index contributed by atoms with van der Waals surface area (Å²) in [4.78, 5) is 24.2. The summed E-state index contributed by atoms with van der Waals surface area (Å²) >= 11 is 0. The van der Waals surface area contributed by atoms with Crippen molar-refractivity contribution in [2.75, 3.05) is 6.61 Å². The van der Waals surface area contributed by atoms with Crippen molar-refractivity contribution < 1.29 is 38.8 Å². The van der Waals surface area contributed by atoms with E-state index >= 15 is 8.78 Å². The summed E-state index contributed by atoms with van der Waals surface area (Å²) in [5.74, 6) is -3.37. The molecule has 0 aromatic carbocycles. The number of halogens is 2. The molecule has 3 fully saturated rings. The van der Waals surface area contributed by atoms with Crippen LogP contribution in [0, 0.1) is 22.7 Å². The normalized spacial score (nSPS) is 53.7. The van der Waals surface area contributed by atoms with Crippen molar-refractivity contribution in [1.82, 2.24) is 0 Å². The van der Waals surface area contributed by atoms with Crippen molar-refractivity contribution in [3.63, 3.8) is 0 Å². The number of hydrogen-bond donors (Lipinski definition) is 4. The Balaban J connectivity index is 1.87. The van der Waals surface area contributed by atoms with Gasteiger partial charge in [-0.25, -0.2) is 8.78 Å². The second kappa shape index (κ2) is 6.03. The molecule has 0 amide bonds. The molecule has 4 N–H and O–H groups in total. The van der Waals surface area contributed by atoms with E-state index in [2.05, 4.69) is 0 Å². The Labute approximate surface area is 166 Å². The standard InChI is InChI=1S/C21H26F2O6/c1-18-4-3-10(25)5-13(18)14(22)6-12-11-7-15(26)21(29,17(28)9-24)19(11,2)8-16(27)20(12,18)23/h3-5,11-12,14-16,24,26-27,29H,6-9H2,1-2H3/t11?,12?,14-,15+,16-,18-,19?,20-,21-/m0/s1. The van der Waals surface area contributed by atoms with Gasteiger partial charge in [-0.05, 0) is 49.8 Å². The molecule has 3 saturated carbocycles. The molecule has 4 aliphatic rings. The zero-order chi connectivity index (χ0) is 21.6. The van der Waals surface area contributed by atoms with Gasteiger partial charge in [-0.15, -0.1) is 0 Å². The Morgan fingerprint density at radius 3 is 2.48 bits per heavy atom. The number of fused-ring (bicyclic) bond motifs is 5. The molecule has 0 saturated heterocycles. The molecule has 6 nitrogen and oxygen atoms in total. The lowest BCUT2D eigenvalue weighted by Crippen LogP contribution is -2.70. The fourth-order valence-corrected chi connectivity index (χ4v) is 6.84. The monoisotopic (exact) mass is 412 g/mol. The van der Waals surface area contributed by atoms with Gasteiger partial charge in [0.05, 0.1) is 12.2 Å². The third kappa shape index (κ3) is 2.18. The zero-order valence-electron chi connectivity index (χ0n) is 16.3. The molecule has 0 aliphatic heterocycles. The van der Waals surface area contributed by atoms with Crippen molar-refractivity contribution in [1.29, 1.82) is 0 Å². The van der Waals surface area contributed by atoms with Gasteiger partial charge in [0.1, 0.15) is 12.8 Å². The Hall–Kier alpha value is -1.48. The number of aliphatic hydroxyl groups excluding tert-OH is 3. The van der Waals surface area contributed by atoms with Crippen LogP contribution in [0.25, 0.3) is 0 Å². The first-order chi connectivity index (χ1) is 13.4. The summed E-state index contributed by atoms with van der Waals surface area (Å²) in [6.45, 7) is 1.91. The summed E-state index contributed by atoms with van der Waals surface area (Å²) in [7, 11) is 0. The molecule has 4 aliphatic carbocycles. The minimum absolute atomic E-state index is 0.0216. The highest BCUT2D eigenvalue weighted by Crippen LogP contribution is 2.69. The van der Waals surface area contributed by atoms with Crippen LogP contribution in [0.3, 0.4) is 0 Å². The van der Waals surface area contributed by atoms with E-state index in [1.54, 1.807) is 0 Å². The lowest BCUT2D eigenvalue weighted by molar-refractivity contribution is -0.226. The number of Topliss-reactive ketones (excluding diaryl/α,β-unsaturated/α-hetero) is 1. The molecule has 0 spiro atoms. The number of aliphatic hydroxyl groups is 4. The highest BCUT2D eigenvalue weighted by molar-refractivity contribution is 6.01. The molecule has 8 heteroatoms. The SMILES string of the molecule is CC12C[C@H](O)[C@@]3(F)C(C[C@H](F)C4=CC(=O)C=C[C@@]43C)C1C[C@@H](O)[C@]2(O)C(=O)CO. The summed E-state index contributed by atoms with van der Waals surface area (Å²) in [5.41, 5.74) is -7.76. The fraction of sp³-hybridized carbons (Fsp3) is 0.714. The van der Waals surface area contributed by atoms with Crippen LogP contribution in [0.1, 0.15) is 33.1 Å². The molecule has 29 heavy (non-hydrogen) atoms. The van der Waals surface area contributed by atoms with Crippen LogP contribution in [0.4, 0.5) is 8.78 Å². The van der Waals surface area contributed by atoms with Gasteiger partial charge in [0.2, 0.25) is 0 Å². The maximum Gasteiger partial charge on any atom is 0.192 e. The Kier molecular flexibility index (Phi) is 4.32. The van der Waals surface area contributed by atoms with Gasteiger partial charge in [0, 0.05) is 16.7 Å². The van der Waals surface area contributed by atoms with Crippen molar-refractivity contribution in [2.45, 2.75) is 62.8 Å². The van der Waals surface area contributed by atoms with Crippen LogP contribution < -0.4 is 0 Å². The predicted octanol–water partition coefficient (Wildman–Crippen LogP) is 0.568. The number of ketones is 2. The first-order valence-corrected chi connectivity index (χ1v) is 9.88. The number of alkyl halides is 2. The Bertz CT molecular complexity index is 841. The average molecular weight is 412 g/mol. The van der Waals surface area contributed by atoms with Gasteiger partial charge in [0.25, 0.3) is 0 Å². The number of carbonyl (C=O) groups excluding carboxylic acids is 2. The summed E-state index contributed by atoms with van der Waals surface area (Å²) in [6, 6.07) is 0. The van der Waals surface area contributed by atoms with Gasteiger partial charge >= 0.3 is 0 Å². The number of rotatable bonds is 2. The van der Waals surface area contributed by atoms with Crippen LogP contribution in [-0.4, -0.2) is 68.2 Å². The predicted molar refractivity (Wildman–Crippen MR) is 97.1 cm³/mol. The molecule has 0 aromatic heterocycles. The smallest absolute Gasteiger partial charge is 0.192 e. The van der Waals surface area contributed by atoms with Gasteiger partial charge < -0.3 is 20.4 Å². The summed E-state index contributed by atoms with van der Waals surface area (Å²) in [6.07, 6.45) is -2.21. The number of hydrogen-bond acceptors (Lipinski definition) is 6. The fourth-order valence-electron chi connectivity index (χ4n) is 6.84. The Morgan fingerprint density at radius 2 is 1.86 bits per heavy atom. The van der Waals surface area contributed by atoms with Crippen LogP contribution >= 0.6 is 0 Å². The van der Waals surface area contributed by atoms with E-state index in [1.165, 1.54) is 19.9 Å². The molecule has 4 rings (SSSR count). The van der Waals surface area contributed by atoms with Crippen LogP contribution in [-0.2, 0) is 9.59 Å². The summed E-state index contributed by atoms with van der Waals surface area (Å²) in [5, 5.41) is 42.0. The molecule has 160 valence electrons.